The highest BCUT2D eigenvalue weighted by Gasteiger charge is 2.37. The van der Waals surface area contributed by atoms with E-state index in [2.05, 4.69) is 5.32 Å². The molecule has 7 nitrogen and oxygen atoms in total. The number of rotatable bonds is 5. The van der Waals surface area contributed by atoms with Crippen LogP contribution in [0.5, 0.6) is 5.75 Å². The molecule has 0 bridgehead atoms. The van der Waals surface area contributed by atoms with Gasteiger partial charge in [0.05, 0.1) is 23.2 Å². The Balaban J connectivity index is 1.59. The summed E-state index contributed by atoms with van der Waals surface area (Å²) < 4.78 is 39.1. The number of carbonyl (C=O) groups is 1. The molecule has 0 unspecified atom stereocenters. The van der Waals surface area contributed by atoms with Crippen LogP contribution < -0.4 is 14.4 Å². The Kier molecular flexibility index (Phi) is 5.67. The van der Waals surface area contributed by atoms with E-state index in [0.29, 0.717) is 29.6 Å². The van der Waals surface area contributed by atoms with Crippen molar-refractivity contribution in [3.8, 4) is 5.75 Å². The van der Waals surface area contributed by atoms with Gasteiger partial charge in [0.15, 0.2) is 6.10 Å². The third-order valence-corrected chi connectivity index (χ3v) is 7.00. The highest BCUT2D eigenvalue weighted by Crippen LogP contribution is 2.36. The van der Waals surface area contributed by atoms with Crippen molar-refractivity contribution in [3.05, 3.63) is 53.6 Å². The van der Waals surface area contributed by atoms with Gasteiger partial charge in [0, 0.05) is 18.2 Å². The van der Waals surface area contributed by atoms with Crippen molar-refractivity contribution in [2.24, 2.45) is 0 Å². The summed E-state index contributed by atoms with van der Waals surface area (Å²) >= 11 is 5.89. The van der Waals surface area contributed by atoms with Crippen molar-refractivity contribution < 1.29 is 22.7 Å². The quantitative estimate of drug-likeness (QED) is 0.778. The molecule has 2 aromatic carbocycles. The number of ether oxygens (including phenoxy) is 2. The van der Waals surface area contributed by atoms with Gasteiger partial charge in [-0.1, -0.05) is 23.7 Å². The van der Waals surface area contributed by atoms with Crippen LogP contribution in [0.3, 0.4) is 0 Å². The van der Waals surface area contributed by atoms with Crippen molar-refractivity contribution in [2.75, 3.05) is 24.0 Å². The number of para-hydroxylation sites is 2. The lowest BCUT2D eigenvalue weighted by Gasteiger charge is -2.34. The first-order valence-electron chi connectivity index (χ1n) is 9.38. The highest BCUT2D eigenvalue weighted by atomic mass is 35.5. The molecule has 0 radical (unpaired) electrons. The number of halogens is 1. The van der Waals surface area contributed by atoms with E-state index in [1.54, 1.807) is 24.3 Å². The van der Waals surface area contributed by atoms with Crippen LogP contribution in [-0.2, 0) is 19.6 Å². The molecule has 0 spiro atoms. The number of nitrogens with zero attached hydrogens (tertiary/aromatic N) is 1. The van der Waals surface area contributed by atoms with Crippen molar-refractivity contribution in [2.45, 2.75) is 29.9 Å². The lowest BCUT2D eigenvalue weighted by molar-refractivity contribution is -0.128. The Labute approximate surface area is 174 Å². The number of hydrogen-bond acceptors (Lipinski definition) is 5. The summed E-state index contributed by atoms with van der Waals surface area (Å²) in [5, 5.41) is 3.26. The van der Waals surface area contributed by atoms with Crippen LogP contribution in [0.25, 0.3) is 0 Å². The largest absolute Gasteiger partial charge is 0.476 e. The topological polar surface area (TPSA) is 84.9 Å². The molecule has 1 N–H and O–H groups in total. The zero-order valence-corrected chi connectivity index (χ0v) is 17.2. The molecule has 0 saturated carbocycles. The summed E-state index contributed by atoms with van der Waals surface area (Å²) in [6.45, 7) is 0.949. The lowest BCUT2D eigenvalue weighted by atomic mass is 10.2. The molecule has 2 aliphatic heterocycles. The first kappa shape index (κ1) is 20.0. The molecule has 1 amide bonds. The second kappa shape index (κ2) is 8.22. The maximum absolute atomic E-state index is 13.3. The summed E-state index contributed by atoms with van der Waals surface area (Å²) in [7, 11) is -3.90. The standard InChI is InChI=1S/C20H21ClN2O5S/c21-14-7-9-16(10-8-14)29(25,26)23-13-19(28-18-6-2-1-5-17(18)23)20(24)22-12-15-4-3-11-27-15/h1-2,5-10,15,19H,3-4,11-13H2,(H,22,24)/t15-,19+/m1/s1. The number of amides is 1. The van der Waals surface area contributed by atoms with Crippen LogP contribution in [0.2, 0.25) is 5.02 Å². The van der Waals surface area contributed by atoms with Gasteiger partial charge in [-0.2, -0.15) is 0 Å². The van der Waals surface area contributed by atoms with Crippen LogP contribution in [0.1, 0.15) is 12.8 Å². The van der Waals surface area contributed by atoms with Crippen molar-refractivity contribution in [3.63, 3.8) is 0 Å². The summed E-state index contributed by atoms with van der Waals surface area (Å²) in [4.78, 5) is 12.8. The summed E-state index contributed by atoms with van der Waals surface area (Å²) in [6, 6.07) is 12.7. The number of nitrogens with one attached hydrogen (secondary N) is 1. The Morgan fingerprint density at radius 3 is 2.66 bits per heavy atom. The number of carbonyl (C=O) groups excluding carboxylic acids is 1. The first-order chi connectivity index (χ1) is 13.9. The zero-order valence-electron chi connectivity index (χ0n) is 15.6. The van der Waals surface area contributed by atoms with E-state index in [4.69, 9.17) is 21.1 Å². The molecule has 154 valence electrons. The molecule has 2 aromatic rings. The molecule has 4 rings (SSSR count). The number of benzene rings is 2. The van der Waals surface area contributed by atoms with Crippen molar-refractivity contribution in [1.82, 2.24) is 5.32 Å². The predicted molar refractivity (Wildman–Crippen MR) is 109 cm³/mol. The van der Waals surface area contributed by atoms with E-state index in [1.165, 1.54) is 28.6 Å². The molecule has 2 aliphatic rings. The summed E-state index contributed by atoms with van der Waals surface area (Å²) in [5.41, 5.74) is 0.394. The smallest absolute Gasteiger partial charge is 0.264 e. The third kappa shape index (κ3) is 4.19. The van der Waals surface area contributed by atoms with Crippen LogP contribution in [0.15, 0.2) is 53.4 Å². The Hall–Kier alpha value is -2.29. The molecule has 1 saturated heterocycles. The molecular weight excluding hydrogens is 416 g/mol. The first-order valence-corrected chi connectivity index (χ1v) is 11.2. The lowest BCUT2D eigenvalue weighted by Crippen LogP contribution is -2.51. The fourth-order valence-electron chi connectivity index (χ4n) is 3.43. The maximum Gasteiger partial charge on any atom is 0.264 e. The van der Waals surface area contributed by atoms with E-state index in [1.807, 2.05) is 0 Å². The van der Waals surface area contributed by atoms with Crippen LogP contribution in [0, 0.1) is 0 Å². The Morgan fingerprint density at radius 1 is 1.17 bits per heavy atom. The Bertz CT molecular complexity index is 990. The summed E-state index contributed by atoms with van der Waals surface area (Å²) in [5.74, 6) is -0.0279. The highest BCUT2D eigenvalue weighted by molar-refractivity contribution is 7.92. The monoisotopic (exact) mass is 436 g/mol. The second-order valence-electron chi connectivity index (χ2n) is 6.94. The number of anilines is 1. The van der Waals surface area contributed by atoms with Crippen LogP contribution in [0.4, 0.5) is 5.69 Å². The minimum absolute atomic E-state index is 0.0104. The van der Waals surface area contributed by atoms with E-state index in [9.17, 15) is 13.2 Å². The SMILES string of the molecule is O=C(NC[C@H]1CCCO1)[C@@H]1CN(S(=O)(=O)c2ccc(Cl)cc2)c2ccccc2O1. The average Bonchev–Trinajstić information content (AvgIpc) is 3.25. The molecule has 2 atom stereocenters. The maximum atomic E-state index is 13.3. The fourth-order valence-corrected chi connectivity index (χ4v) is 5.04. The van der Waals surface area contributed by atoms with Crippen LogP contribution in [-0.4, -0.2) is 46.2 Å². The predicted octanol–water partition coefficient (Wildman–Crippen LogP) is 2.59. The number of fused-ring (bicyclic) bond motifs is 1. The second-order valence-corrected chi connectivity index (χ2v) is 9.24. The fraction of sp³-hybridized carbons (Fsp3) is 0.350. The molecule has 0 aliphatic carbocycles. The third-order valence-electron chi connectivity index (χ3n) is 4.96. The van der Waals surface area contributed by atoms with Gasteiger partial charge in [-0.05, 0) is 49.2 Å². The van der Waals surface area contributed by atoms with Gasteiger partial charge in [-0.15, -0.1) is 0 Å². The normalized spacial score (nSPS) is 21.3. The molecule has 29 heavy (non-hydrogen) atoms. The van der Waals surface area contributed by atoms with Gasteiger partial charge in [0.25, 0.3) is 15.9 Å². The van der Waals surface area contributed by atoms with Crippen molar-refractivity contribution >= 4 is 33.2 Å². The van der Waals surface area contributed by atoms with E-state index < -0.39 is 16.1 Å². The number of sulfonamides is 1. The van der Waals surface area contributed by atoms with Gasteiger partial charge >= 0.3 is 0 Å². The van der Waals surface area contributed by atoms with Crippen LogP contribution >= 0.6 is 11.6 Å². The van der Waals surface area contributed by atoms with E-state index in [0.717, 1.165) is 12.8 Å². The summed E-state index contributed by atoms with van der Waals surface area (Å²) in [6.07, 6.45) is 0.893. The molecular formula is C20H21ClN2O5S. The minimum atomic E-state index is -3.90. The zero-order chi connectivity index (χ0) is 20.4. The van der Waals surface area contributed by atoms with Crippen molar-refractivity contribution in [1.29, 1.82) is 0 Å². The Morgan fingerprint density at radius 2 is 1.93 bits per heavy atom. The molecule has 1 fully saturated rings. The minimum Gasteiger partial charge on any atom is -0.476 e. The average molecular weight is 437 g/mol. The van der Waals surface area contributed by atoms with E-state index in [-0.39, 0.29) is 23.5 Å². The molecule has 2 heterocycles. The van der Waals surface area contributed by atoms with Gasteiger partial charge in [-0.25, -0.2) is 8.42 Å². The number of hydrogen-bond donors (Lipinski definition) is 1. The molecule has 0 aromatic heterocycles. The van der Waals surface area contributed by atoms with Gasteiger partial charge in [0.1, 0.15) is 5.75 Å². The molecule has 9 heteroatoms. The van der Waals surface area contributed by atoms with Gasteiger partial charge < -0.3 is 14.8 Å². The van der Waals surface area contributed by atoms with Gasteiger partial charge in [-0.3, -0.25) is 9.10 Å². The van der Waals surface area contributed by atoms with E-state index >= 15 is 0 Å². The van der Waals surface area contributed by atoms with Gasteiger partial charge in [0.2, 0.25) is 0 Å².